The van der Waals surface area contributed by atoms with E-state index < -0.39 is 10.0 Å². The van der Waals surface area contributed by atoms with Crippen molar-refractivity contribution in [3.8, 4) is 5.75 Å². The summed E-state index contributed by atoms with van der Waals surface area (Å²) in [5, 5.41) is 3.77. The highest BCUT2D eigenvalue weighted by molar-refractivity contribution is 7.89. The lowest BCUT2D eigenvalue weighted by Gasteiger charge is -2.07. The molecule has 0 aliphatic carbocycles. The van der Waals surface area contributed by atoms with Crippen LogP contribution in [-0.4, -0.2) is 21.7 Å². The van der Waals surface area contributed by atoms with E-state index in [1.54, 1.807) is 38.3 Å². The molecule has 0 aromatic heterocycles. The quantitative estimate of drug-likeness (QED) is 0.646. The first-order valence-electron chi connectivity index (χ1n) is 7.36. The van der Waals surface area contributed by atoms with Crippen LogP contribution >= 0.6 is 0 Å². The van der Waals surface area contributed by atoms with E-state index in [4.69, 9.17) is 4.74 Å². The predicted molar refractivity (Wildman–Crippen MR) is 96.8 cm³/mol. The van der Waals surface area contributed by atoms with Gasteiger partial charge in [0.25, 0.3) is 10.0 Å². The normalized spacial score (nSPS) is 12.0. The molecule has 0 spiro atoms. The Hall–Kier alpha value is -2.60. The number of sulfonamides is 1. The Morgan fingerprint density at radius 3 is 2.62 bits per heavy atom. The fourth-order valence-corrected chi connectivity index (χ4v) is 3.27. The molecule has 0 fully saturated rings. The second-order valence-electron chi connectivity index (χ2n) is 5.24. The van der Waals surface area contributed by atoms with Crippen molar-refractivity contribution < 1.29 is 13.2 Å². The van der Waals surface area contributed by atoms with E-state index in [1.165, 1.54) is 6.21 Å². The standard InChI is InChI=1S/C18H20N2O3S/c1-14-10-11-15(2)18(13-14)24(21,22)20-19-12-6-8-16-7-4-5-9-17(16)23-3/h4-13,20H,1-3H3/b8-6+,19-12-. The molecular weight excluding hydrogens is 324 g/mol. The van der Waals surface area contributed by atoms with Crippen LogP contribution in [0.15, 0.2) is 58.5 Å². The van der Waals surface area contributed by atoms with Crippen LogP contribution < -0.4 is 9.57 Å². The van der Waals surface area contributed by atoms with Crippen molar-refractivity contribution in [1.29, 1.82) is 0 Å². The van der Waals surface area contributed by atoms with E-state index in [1.807, 2.05) is 37.3 Å². The SMILES string of the molecule is COc1ccccc1/C=C/C=N\NS(=O)(=O)c1cc(C)ccc1C. The smallest absolute Gasteiger partial charge is 0.276 e. The molecule has 0 aliphatic rings. The van der Waals surface area contributed by atoms with Crippen LogP contribution in [-0.2, 0) is 10.0 Å². The maximum absolute atomic E-state index is 12.3. The molecule has 0 saturated heterocycles. The Kier molecular flexibility index (Phi) is 5.76. The third-order valence-corrected chi connectivity index (χ3v) is 4.75. The first kappa shape index (κ1) is 17.7. The lowest BCUT2D eigenvalue weighted by molar-refractivity contribution is 0.414. The van der Waals surface area contributed by atoms with Gasteiger partial charge in [0.05, 0.1) is 12.0 Å². The van der Waals surface area contributed by atoms with E-state index in [2.05, 4.69) is 9.93 Å². The lowest BCUT2D eigenvalue weighted by Crippen LogP contribution is -2.19. The van der Waals surface area contributed by atoms with Crippen LogP contribution in [0.2, 0.25) is 0 Å². The average Bonchev–Trinajstić information content (AvgIpc) is 2.57. The molecule has 0 aliphatic heterocycles. The molecule has 5 nitrogen and oxygen atoms in total. The van der Waals surface area contributed by atoms with Crippen LogP contribution in [0.5, 0.6) is 5.75 Å². The van der Waals surface area contributed by atoms with Gasteiger partial charge in [-0.25, -0.2) is 4.83 Å². The Morgan fingerprint density at radius 1 is 1.12 bits per heavy atom. The van der Waals surface area contributed by atoms with E-state index >= 15 is 0 Å². The number of rotatable bonds is 6. The molecular formula is C18H20N2O3S. The van der Waals surface area contributed by atoms with Crippen LogP contribution in [0.4, 0.5) is 0 Å². The molecule has 0 saturated carbocycles. The fourth-order valence-electron chi connectivity index (χ4n) is 2.14. The number of allylic oxidation sites excluding steroid dienone is 1. The van der Waals surface area contributed by atoms with Crippen LogP contribution in [0.3, 0.4) is 0 Å². The van der Waals surface area contributed by atoms with E-state index in [0.29, 0.717) is 5.56 Å². The number of hydrogen-bond acceptors (Lipinski definition) is 4. The van der Waals surface area contributed by atoms with Gasteiger partial charge in [0, 0.05) is 11.8 Å². The molecule has 126 valence electrons. The fraction of sp³-hybridized carbons (Fsp3) is 0.167. The van der Waals surface area contributed by atoms with Crippen molar-refractivity contribution in [2.75, 3.05) is 7.11 Å². The summed E-state index contributed by atoms with van der Waals surface area (Å²) in [5.74, 6) is 0.734. The highest BCUT2D eigenvalue weighted by Crippen LogP contribution is 2.18. The molecule has 2 aromatic carbocycles. The molecule has 0 amide bonds. The van der Waals surface area contributed by atoms with Crippen molar-refractivity contribution in [2.24, 2.45) is 5.10 Å². The molecule has 1 N–H and O–H groups in total. The first-order chi connectivity index (χ1) is 11.4. The minimum absolute atomic E-state index is 0.230. The average molecular weight is 344 g/mol. The number of methoxy groups -OCH3 is 1. The molecule has 0 unspecified atom stereocenters. The Labute approximate surface area is 142 Å². The van der Waals surface area contributed by atoms with Crippen molar-refractivity contribution in [3.63, 3.8) is 0 Å². The van der Waals surface area contributed by atoms with E-state index in [-0.39, 0.29) is 4.90 Å². The maximum atomic E-state index is 12.3. The second kappa shape index (κ2) is 7.79. The predicted octanol–water partition coefficient (Wildman–Crippen LogP) is 3.29. The summed E-state index contributed by atoms with van der Waals surface area (Å²) in [5.41, 5.74) is 2.43. The summed E-state index contributed by atoms with van der Waals surface area (Å²) in [6.45, 7) is 3.59. The topological polar surface area (TPSA) is 67.8 Å². The molecule has 24 heavy (non-hydrogen) atoms. The number of hydrazone groups is 1. The van der Waals surface area contributed by atoms with Gasteiger partial charge in [-0.15, -0.1) is 0 Å². The summed E-state index contributed by atoms with van der Waals surface area (Å²) in [7, 11) is -2.08. The monoisotopic (exact) mass is 344 g/mol. The minimum atomic E-state index is -3.68. The van der Waals surface area contributed by atoms with E-state index in [9.17, 15) is 8.42 Å². The van der Waals surface area contributed by atoms with Crippen LogP contribution in [0.25, 0.3) is 6.08 Å². The maximum Gasteiger partial charge on any atom is 0.276 e. The number of aryl methyl sites for hydroxylation is 2. The third-order valence-electron chi connectivity index (χ3n) is 3.38. The summed E-state index contributed by atoms with van der Waals surface area (Å²) < 4.78 is 29.8. The summed E-state index contributed by atoms with van der Waals surface area (Å²) >= 11 is 0. The van der Waals surface area contributed by atoms with Gasteiger partial charge in [-0.05, 0) is 49.3 Å². The van der Waals surface area contributed by atoms with Gasteiger partial charge in [-0.2, -0.15) is 13.5 Å². The highest BCUT2D eigenvalue weighted by Gasteiger charge is 2.15. The Morgan fingerprint density at radius 2 is 1.88 bits per heavy atom. The van der Waals surface area contributed by atoms with E-state index in [0.717, 1.165) is 16.9 Å². The summed E-state index contributed by atoms with van der Waals surface area (Å²) in [6.07, 6.45) is 4.81. The number of benzene rings is 2. The van der Waals surface area contributed by atoms with Gasteiger partial charge in [-0.3, -0.25) is 0 Å². The third kappa shape index (κ3) is 4.45. The Balaban J connectivity index is 2.08. The number of hydrogen-bond donors (Lipinski definition) is 1. The van der Waals surface area contributed by atoms with Gasteiger partial charge in [0.2, 0.25) is 0 Å². The van der Waals surface area contributed by atoms with Crippen molar-refractivity contribution >= 4 is 22.3 Å². The molecule has 6 heteroatoms. The van der Waals surface area contributed by atoms with Gasteiger partial charge in [0.1, 0.15) is 5.75 Å². The highest BCUT2D eigenvalue weighted by atomic mass is 32.2. The van der Waals surface area contributed by atoms with Gasteiger partial charge < -0.3 is 4.74 Å². The van der Waals surface area contributed by atoms with Crippen LogP contribution in [0, 0.1) is 13.8 Å². The summed E-state index contributed by atoms with van der Waals surface area (Å²) in [4.78, 5) is 2.45. The van der Waals surface area contributed by atoms with Crippen molar-refractivity contribution in [3.05, 3.63) is 65.2 Å². The Bertz CT molecular complexity index is 872. The van der Waals surface area contributed by atoms with Crippen LogP contribution in [0.1, 0.15) is 16.7 Å². The van der Waals surface area contributed by atoms with Gasteiger partial charge in [0.15, 0.2) is 0 Å². The number of ether oxygens (including phenoxy) is 1. The van der Waals surface area contributed by atoms with Gasteiger partial charge >= 0.3 is 0 Å². The zero-order valence-corrected chi connectivity index (χ0v) is 14.7. The largest absolute Gasteiger partial charge is 0.496 e. The van der Waals surface area contributed by atoms with Crippen molar-refractivity contribution in [2.45, 2.75) is 18.7 Å². The molecule has 2 rings (SSSR count). The zero-order chi connectivity index (χ0) is 17.6. The molecule has 0 heterocycles. The summed E-state index contributed by atoms with van der Waals surface area (Å²) in [6, 6.07) is 12.8. The number of nitrogens with zero attached hydrogens (tertiary/aromatic N) is 1. The molecule has 0 bridgehead atoms. The molecule has 2 aromatic rings. The number of para-hydroxylation sites is 1. The molecule has 0 radical (unpaired) electrons. The zero-order valence-electron chi connectivity index (χ0n) is 13.9. The second-order valence-corrected chi connectivity index (χ2v) is 6.87. The van der Waals surface area contributed by atoms with Crippen molar-refractivity contribution in [1.82, 2.24) is 4.83 Å². The minimum Gasteiger partial charge on any atom is -0.496 e. The van der Waals surface area contributed by atoms with Gasteiger partial charge in [-0.1, -0.05) is 30.3 Å². The lowest BCUT2D eigenvalue weighted by atomic mass is 10.2. The molecule has 0 atom stereocenters. The first-order valence-corrected chi connectivity index (χ1v) is 8.84. The number of nitrogens with one attached hydrogen (secondary N) is 1.